The summed E-state index contributed by atoms with van der Waals surface area (Å²) in [5, 5.41) is 0. The summed E-state index contributed by atoms with van der Waals surface area (Å²) in [4.78, 5) is 25.9. The van der Waals surface area contributed by atoms with Gasteiger partial charge < -0.3 is 4.74 Å². The molecule has 0 saturated heterocycles. The lowest BCUT2D eigenvalue weighted by atomic mass is 9.87. The maximum atomic E-state index is 13.2. The summed E-state index contributed by atoms with van der Waals surface area (Å²) in [6.45, 7) is 8.27. The average Bonchev–Trinajstić information content (AvgIpc) is 2.64. The lowest BCUT2D eigenvalue weighted by Gasteiger charge is -2.18. The van der Waals surface area contributed by atoms with Crippen LogP contribution >= 0.6 is 9.12 Å². The van der Waals surface area contributed by atoms with Gasteiger partial charge in [0.25, 0.3) is 0 Å². The van der Waals surface area contributed by atoms with Crippen molar-refractivity contribution in [3.8, 4) is 0 Å². The van der Waals surface area contributed by atoms with Gasteiger partial charge in [0.1, 0.15) is 5.92 Å². The summed E-state index contributed by atoms with van der Waals surface area (Å²) in [5.74, 6) is -1.15. The normalized spacial score (nSPS) is 11.3. The first-order valence-electron chi connectivity index (χ1n) is 8.97. The minimum absolute atomic E-state index is 0.198. The Morgan fingerprint density at radius 1 is 0.926 bits per heavy atom. The van der Waals surface area contributed by atoms with Gasteiger partial charge >= 0.3 is 15.1 Å². The molecule has 2 aromatic carbocycles. The number of esters is 1. The molecule has 0 heterocycles. The van der Waals surface area contributed by atoms with Crippen LogP contribution in [-0.2, 0) is 14.1 Å². The van der Waals surface area contributed by atoms with Crippen LogP contribution in [0.4, 0.5) is 0 Å². The zero-order chi connectivity index (χ0) is 20.4. The van der Waals surface area contributed by atoms with Gasteiger partial charge in [-0.2, -0.15) is 0 Å². The van der Waals surface area contributed by atoms with E-state index in [-0.39, 0.29) is 5.78 Å². The van der Waals surface area contributed by atoms with E-state index in [2.05, 4.69) is 13.8 Å². The molecule has 2 atom stereocenters. The molecular weight excluding hydrogens is 359 g/mol. The zero-order valence-corrected chi connectivity index (χ0v) is 17.6. The summed E-state index contributed by atoms with van der Waals surface area (Å²) in [5.41, 5.74) is 3.03. The van der Waals surface area contributed by atoms with Crippen molar-refractivity contribution in [2.75, 3.05) is 6.61 Å². The summed E-state index contributed by atoms with van der Waals surface area (Å²) in [6, 6.07) is 14.9. The van der Waals surface area contributed by atoms with Gasteiger partial charge in [0.05, 0.1) is 6.61 Å². The number of hydrogen-bond acceptors (Lipinski definition) is 4. The Kier molecular flexibility index (Phi) is 9.60. The second-order valence-corrected chi connectivity index (χ2v) is 6.82. The Labute approximate surface area is 163 Å². The van der Waals surface area contributed by atoms with Crippen molar-refractivity contribution >= 4 is 20.9 Å². The number of ether oxygens (including phenoxy) is 1. The molecule has 144 valence electrons. The van der Waals surface area contributed by atoms with Crippen molar-refractivity contribution in [3.63, 3.8) is 0 Å². The molecule has 4 nitrogen and oxygen atoms in total. The second kappa shape index (κ2) is 11.4. The topological polar surface area (TPSA) is 60.4 Å². The smallest absolute Gasteiger partial charge is 0.321 e. The molecular formula is C22H28O4P+. The van der Waals surface area contributed by atoms with Crippen molar-refractivity contribution in [2.24, 2.45) is 5.92 Å². The van der Waals surface area contributed by atoms with E-state index in [0.717, 1.165) is 17.5 Å². The van der Waals surface area contributed by atoms with E-state index >= 15 is 0 Å². The van der Waals surface area contributed by atoms with Crippen LogP contribution in [0, 0.1) is 19.8 Å². The minimum atomic E-state index is -0.923. The molecule has 2 aromatic rings. The van der Waals surface area contributed by atoms with Gasteiger partial charge in [-0.1, -0.05) is 66.9 Å². The quantitative estimate of drug-likeness (QED) is 0.288. The molecule has 0 aliphatic rings. The van der Waals surface area contributed by atoms with Gasteiger partial charge in [-0.15, -0.1) is 0 Å². The summed E-state index contributed by atoms with van der Waals surface area (Å²) >= 11 is 0. The van der Waals surface area contributed by atoms with E-state index in [9.17, 15) is 9.59 Å². The Bertz CT molecular complexity index is 736. The third-order valence-corrected chi connectivity index (χ3v) is 4.30. The Morgan fingerprint density at radius 2 is 1.48 bits per heavy atom. The van der Waals surface area contributed by atoms with Crippen LogP contribution in [-0.4, -0.2) is 18.4 Å². The van der Waals surface area contributed by atoms with Gasteiger partial charge in [0, 0.05) is 5.56 Å². The van der Waals surface area contributed by atoms with Crippen LogP contribution in [0.1, 0.15) is 53.2 Å². The minimum Gasteiger partial charge on any atom is -0.465 e. The number of rotatable bonds is 7. The molecule has 2 unspecified atom stereocenters. The number of ketones is 1. The average molecular weight is 387 g/mol. The van der Waals surface area contributed by atoms with E-state index in [0.29, 0.717) is 23.7 Å². The lowest BCUT2D eigenvalue weighted by molar-refractivity contribution is -0.144. The summed E-state index contributed by atoms with van der Waals surface area (Å²) in [7, 11) is 1.17. The fourth-order valence-corrected chi connectivity index (χ4v) is 2.87. The Hall–Kier alpha value is -2.32. The van der Waals surface area contributed by atoms with Crippen molar-refractivity contribution in [1.82, 2.24) is 0 Å². The highest BCUT2D eigenvalue weighted by atomic mass is 31.0. The largest absolute Gasteiger partial charge is 0.465 e. The highest BCUT2D eigenvalue weighted by Crippen LogP contribution is 2.26. The van der Waals surface area contributed by atoms with Gasteiger partial charge in [-0.3, -0.25) is 9.59 Å². The number of carbonyl (C=O) groups excluding carboxylic acids is 2. The fourth-order valence-electron chi connectivity index (χ4n) is 2.87. The Morgan fingerprint density at radius 3 is 2.00 bits per heavy atom. The van der Waals surface area contributed by atoms with Crippen molar-refractivity contribution in [2.45, 2.75) is 40.0 Å². The molecule has 0 bridgehead atoms. The van der Waals surface area contributed by atoms with Crippen LogP contribution in [0.2, 0.25) is 0 Å². The molecule has 0 amide bonds. The fraction of sp³-hybridized carbons (Fsp3) is 0.364. The maximum Gasteiger partial charge on any atom is 0.321 e. The van der Waals surface area contributed by atoms with Crippen LogP contribution in [0.15, 0.2) is 48.5 Å². The second-order valence-electron chi connectivity index (χ2n) is 6.82. The van der Waals surface area contributed by atoms with Crippen molar-refractivity contribution in [3.05, 3.63) is 70.8 Å². The predicted octanol–water partition coefficient (Wildman–Crippen LogP) is 5.07. The summed E-state index contributed by atoms with van der Waals surface area (Å²) < 4.78 is 13.6. The van der Waals surface area contributed by atoms with Crippen molar-refractivity contribution in [1.29, 1.82) is 0 Å². The zero-order valence-electron chi connectivity index (χ0n) is 16.4. The van der Waals surface area contributed by atoms with Gasteiger partial charge in [0.2, 0.25) is 0 Å². The molecule has 27 heavy (non-hydrogen) atoms. The lowest BCUT2D eigenvalue weighted by Crippen LogP contribution is -2.26. The first-order chi connectivity index (χ1) is 12.9. The maximum absolute atomic E-state index is 13.2. The molecule has 0 aromatic heterocycles. The van der Waals surface area contributed by atoms with Gasteiger partial charge in [-0.25, -0.2) is 0 Å². The van der Waals surface area contributed by atoms with Gasteiger partial charge in [-0.05, 0) is 42.9 Å². The predicted molar refractivity (Wildman–Crippen MR) is 110 cm³/mol. The number of hydrogen-bond donors (Lipinski definition) is 0. The Balaban J connectivity index is 0.00000176. The molecule has 0 saturated carbocycles. The SMILES string of the molecule is Cc1cccc(C)c1C(=O)C(C(=O)OCCC(C)C)c1ccccc1.O=[PH2+]. The standard InChI is InChI=1S/C22H26O3.H2OP/c1-15(2)13-14-25-22(24)20(18-11-6-5-7-12-18)21(23)19-16(3)9-8-10-17(19)4;1-2/h5-12,15,20H,13-14H2,1-4H3;2H2/q;+1. The number of benzene rings is 2. The van der Waals surface area contributed by atoms with E-state index in [1.165, 1.54) is 9.12 Å². The van der Waals surface area contributed by atoms with Crippen LogP contribution in [0.5, 0.6) is 0 Å². The molecule has 0 spiro atoms. The van der Waals surface area contributed by atoms with Gasteiger partial charge in [0.15, 0.2) is 5.78 Å². The van der Waals surface area contributed by atoms with Crippen LogP contribution in [0.3, 0.4) is 0 Å². The molecule has 0 aliphatic carbocycles. The van der Waals surface area contributed by atoms with Crippen molar-refractivity contribution < 1.29 is 18.9 Å². The molecule has 0 aliphatic heterocycles. The van der Waals surface area contributed by atoms with Crippen LogP contribution in [0.25, 0.3) is 0 Å². The first kappa shape index (κ1) is 22.7. The molecule has 0 fully saturated rings. The van der Waals surface area contributed by atoms with E-state index < -0.39 is 11.9 Å². The third kappa shape index (κ3) is 6.41. The van der Waals surface area contributed by atoms with E-state index in [4.69, 9.17) is 9.30 Å². The molecule has 2 rings (SSSR count). The first-order valence-corrected chi connectivity index (χ1v) is 9.44. The molecule has 5 heteroatoms. The molecule has 0 N–H and O–H groups in total. The third-order valence-electron chi connectivity index (χ3n) is 4.30. The monoisotopic (exact) mass is 387 g/mol. The number of carbonyl (C=O) groups is 2. The number of Topliss-reactive ketones (excluding diaryl/α,β-unsaturated/α-hetero) is 1. The summed E-state index contributed by atoms with van der Waals surface area (Å²) in [6.07, 6.45) is 0.783. The highest BCUT2D eigenvalue weighted by molar-refractivity contribution is 7.00. The van der Waals surface area contributed by atoms with Crippen LogP contribution < -0.4 is 0 Å². The number of aryl methyl sites for hydroxylation is 2. The highest BCUT2D eigenvalue weighted by Gasteiger charge is 2.32. The van der Waals surface area contributed by atoms with E-state index in [1.54, 1.807) is 12.1 Å². The van der Waals surface area contributed by atoms with E-state index in [1.807, 2.05) is 50.2 Å². The molecule has 0 radical (unpaired) electrons.